The van der Waals surface area contributed by atoms with Crippen molar-refractivity contribution in [2.45, 2.75) is 39.3 Å². The maximum atomic E-state index is 13.2. The summed E-state index contributed by atoms with van der Waals surface area (Å²) in [5.41, 5.74) is 2.84. The molecule has 3 aromatic rings. The van der Waals surface area contributed by atoms with Gasteiger partial charge >= 0.3 is 0 Å². The van der Waals surface area contributed by atoms with Crippen LogP contribution in [0.25, 0.3) is 11.0 Å². The van der Waals surface area contributed by atoms with Crippen molar-refractivity contribution >= 4 is 16.9 Å². The SMILES string of the molecule is COc1ccc(C(=O)N2CCC[C@H]2c2nc3ccccc3n2CC(C)C)cc1. The van der Waals surface area contributed by atoms with Gasteiger partial charge in [0, 0.05) is 18.7 Å². The second kappa shape index (κ2) is 7.66. The fourth-order valence-corrected chi connectivity index (χ4v) is 4.08. The number of carbonyl (C=O) groups is 1. The van der Waals surface area contributed by atoms with Crippen LogP contribution in [0.4, 0.5) is 0 Å². The third-order valence-electron chi connectivity index (χ3n) is 5.38. The lowest BCUT2D eigenvalue weighted by molar-refractivity contribution is 0.0727. The van der Waals surface area contributed by atoms with Crippen molar-refractivity contribution in [2.24, 2.45) is 5.92 Å². The smallest absolute Gasteiger partial charge is 0.254 e. The molecular weight excluding hydrogens is 350 g/mol. The van der Waals surface area contributed by atoms with E-state index in [0.717, 1.165) is 48.5 Å². The molecule has 5 heteroatoms. The highest BCUT2D eigenvalue weighted by Gasteiger charge is 2.34. The van der Waals surface area contributed by atoms with Crippen molar-refractivity contribution in [3.05, 3.63) is 59.9 Å². The Morgan fingerprint density at radius 2 is 1.93 bits per heavy atom. The summed E-state index contributed by atoms with van der Waals surface area (Å²) < 4.78 is 7.52. The number of nitrogens with zero attached hydrogens (tertiary/aromatic N) is 3. The van der Waals surface area contributed by atoms with Gasteiger partial charge in [-0.15, -0.1) is 0 Å². The number of hydrogen-bond acceptors (Lipinski definition) is 3. The lowest BCUT2D eigenvalue weighted by atomic mass is 10.1. The molecule has 1 fully saturated rings. The van der Waals surface area contributed by atoms with Crippen LogP contribution >= 0.6 is 0 Å². The van der Waals surface area contributed by atoms with Gasteiger partial charge in [0.1, 0.15) is 11.6 Å². The Balaban J connectivity index is 1.70. The number of aromatic nitrogens is 2. The minimum absolute atomic E-state index is 0.0146. The van der Waals surface area contributed by atoms with Gasteiger partial charge in [-0.05, 0) is 55.2 Å². The molecule has 0 aliphatic carbocycles. The predicted molar refractivity (Wildman–Crippen MR) is 111 cm³/mol. The average Bonchev–Trinajstić information content (AvgIpc) is 3.32. The number of hydrogen-bond donors (Lipinski definition) is 0. The Kier molecular flexibility index (Phi) is 5.07. The van der Waals surface area contributed by atoms with E-state index in [-0.39, 0.29) is 11.9 Å². The van der Waals surface area contributed by atoms with E-state index in [2.05, 4.69) is 36.6 Å². The highest BCUT2D eigenvalue weighted by molar-refractivity contribution is 5.94. The molecule has 1 atom stereocenters. The summed E-state index contributed by atoms with van der Waals surface area (Å²) in [5, 5.41) is 0. The number of ether oxygens (including phenoxy) is 1. The number of benzene rings is 2. The lowest BCUT2D eigenvalue weighted by Crippen LogP contribution is -2.32. The number of amides is 1. The molecular formula is C23H27N3O2. The minimum Gasteiger partial charge on any atom is -0.497 e. The van der Waals surface area contributed by atoms with Gasteiger partial charge in [-0.3, -0.25) is 4.79 Å². The minimum atomic E-state index is 0.0146. The zero-order valence-electron chi connectivity index (χ0n) is 16.8. The zero-order valence-corrected chi connectivity index (χ0v) is 16.8. The van der Waals surface area contributed by atoms with Crippen LogP contribution in [-0.4, -0.2) is 34.0 Å². The molecule has 28 heavy (non-hydrogen) atoms. The Hall–Kier alpha value is -2.82. The van der Waals surface area contributed by atoms with E-state index >= 15 is 0 Å². The van der Waals surface area contributed by atoms with Crippen LogP contribution in [0.5, 0.6) is 5.75 Å². The van der Waals surface area contributed by atoms with Gasteiger partial charge in [0.05, 0.1) is 24.2 Å². The summed E-state index contributed by atoms with van der Waals surface area (Å²) in [4.78, 5) is 20.2. The molecule has 1 aromatic heterocycles. The van der Waals surface area contributed by atoms with Gasteiger partial charge in [0.2, 0.25) is 0 Å². The lowest BCUT2D eigenvalue weighted by Gasteiger charge is -2.26. The molecule has 0 bridgehead atoms. The number of methoxy groups -OCH3 is 1. The van der Waals surface area contributed by atoms with E-state index in [0.29, 0.717) is 11.5 Å². The molecule has 2 heterocycles. The second-order valence-corrected chi connectivity index (χ2v) is 7.85. The summed E-state index contributed by atoms with van der Waals surface area (Å²) in [7, 11) is 1.63. The Labute approximate surface area is 165 Å². The third-order valence-corrected chi connectivity index (χ3v) is 5.38. The molecule has 0 unspecified atom stereocenters. The van der Waals surface area contributed by atoms with Crippen molar-refractivity contribution in [3.8, 4) is 5.75 Å². The number of para-hydroxylation sites is 2. The largest absolute Gasteiger partial charge is 0.497 e. The van der Waals surface area contributed by atoms with Crippen LogP contribution in [0.1, 0.15) is 48.9 Å². The predicted octanol–water partition coefficient (Wildman–Crippen LogP) is 4.68. The maximum absolute atomic E-state index is 13.2. The molecule has 1 aliphatic rings. The van der Waals surface area contributed by atoms with Gasteiger partial charge in [0.15, 0.2) is 0 Å². The van der Waals surface area contributed by atoms with E-state index in [1.807, 2.05) is 35.2 Å². The van der Waals surface area contributed by atoms with Crippen LogP contribution in [0, 0.1) is 5.92 Å². The topological polar surface area (TPSA) is 47.4 Å². The van der Waals surface area contributed by atoms with Crippen LogP contribution in [0.2, 0.25) is 0 Å². The number of imidazole rings is 1. The Morgan fingerprint density at radius 3 is 2.64 bits per heavy atom. The molecule has 0 N–H and O–H groups in total. The van der Waals surface area contributed by atoms with Gasteiger partial charge in [-0.25, -0.2) is 4.98 Å². The van der Waals surface area contributed by atoms with E-state index in [1.165, 1.54) is 0 Å². The molecule has 5 nitrogen and oxygen atoms in total. The number of likely N-dealkylation sites (tertiary alicyclic amines) is 1. The third kappa shape index (κ3) is 3.37. The van der Waals surface area contributed by atoms with Gasteiger partial charge in [-0.1, -0.05) is 26.0 Å². The molecule has 4 rings (SSSR count). The number of rotatable bonds is 5. The Morgan fingerprint density at radius 1 is 1.18 bits per heavy atom. The normalized spacial score (nSPS) is 16.9. The molecule has 2 aromatic carbocycles. The van der Waals surface area contributed by atoms with Gasteiger partial charge in [0.25, 0.3) is 5.91 Å². The summed E-state index contributed by atoms with van der Waals surface area (Å²) in [6.45, 7) is 6.10. The molecule has 0 radical (unpaired) electrons. The highest BCUT2D eigenvalue weighted by atomic mass is 16.5. The fraction of sp³-hybridized carbons (Fsp3) is 0.391. The molecule has 146 valence electrons. The van der Waals surface area contributed by atoms with E-state index in [1.54, 1.807) is 7.11 Å². The first-order chi connectivity index (χ1) is 13.6. The number of fused-ring (bicyclic) bond motifs is 1. The van der Waals surface area contributed by atoms with Crippen molar-refractivity contribution < 1.29 is 9.53 Å². The van der Waals surface area contributed by atoms with E-state index in [9.17, 15) is 4.79 Å². The first-order valence-corrected chi connectivity index (χ1v) is 9.98. The van der Waals surface area contributed by atoms with Crippen LogP contribution in [-0.2, 0) is 6.54 Å². The summed E-state index contributed by atoms with van der Waals surface area (Å²) >= 11 is 0. The zero-order chi connectivity index (χ0) is 19.7. The summed E-state index contributed by atoms with van der Waals surface area (Å²) in [6, 6.07) is 15.6. The van der Waals surface area contributed by atoms with Crippen molar-refractivity contribution in [2.75, 3.05) is 13.7 Å². The standard InChI is InChI=1S/C23H27N3O2/c1-16(2)15-26-20-8-5-4-7-19(20)24-22(26)21-9-6-14-25(21)23(27)17-10-12-18(28-3)13-11-17/h4-5,7-8,10-13,16,21H,6,9,14-15H2,1-3H3/t21-/m0/s1. The second-order valence-electron chi connectivity index (χ2n) is 7.85. The Bertz CT molecular complexity index is 975. The van der Waals surface area contributed by atoms with Crippen molar-refractivity contribution in [1.82, 2.24) is 14.5 Å². The molecule has 1 aliphatic heterocycles. The van der Waals surface area contributed by atoms with Crippen LogP contribution < -0.4 is 4.74 Å². The molecule has 1 saturated heterocycles. The monoisotopic (exact) mass is 377 g/mol. The fourth-order valence-electron chi connectivity index (χ4n) is 4.08. The average molecular weight is 377 g/mol. The van der Waals surface area contributed by atoms with Crippen LogP contribution in [0.15, 0.2) is 48.5 Å². The summed E-state index contributed by atoms with van der Waals surface area (Å²) in [5.74, 6) is 2.33. The van der Waals surface area contributed by atoms with E-state index < -0.39 is 0 Å². The quantitative estimate of drug-likeness (QED) is 0.649. The molecule has 0 saturated carbocycles. The van der Waals surface area contributed by atoms with Gasteiger partial charge in [-0.2, -0.15) is 0 Å². The molecule has 0 spiro atoms. The van der Waals surface area contributed by atoms with Crippen LogP contribution in [0.3, 0.4) is 0 Å². The first kappa shape index (κ1) is 18.5. The van der Waals surface area contributed by atoms with Crippen molar-refractivity contribution in [3.63, 3.8) is 0 Å². The first-order valence-electron chi connectivity index (χ1n) is 9.98. The molecule has 1 amide bonds. The highest BCUT2D eigenvalue weighted by Crippen LogP contribution is 2.35. The van der Waals surface area contributed by atoms with E-state index in [4.69, 9.17) is 9.72 Å². The van der Waals surface area contributed by atoms with Gasteiger partial charge < -0.3 is 14.2 Å². The number of carbonyl (C=O) groups excluding carboxylic acids is 1. The maximum Gasteiger partial charge on any atom is 0.254 e. The summed E-state index contributed by atoms with van der Waals surface area (Å²) in [6.07, 6.45) is 1.95. The van der Waals surface area contributed by atoms with Crippen molar-refractivity contribution in [1.29, 1.82) is 0 Å².